The topological polar surface area (TPSA) is 261 Å². The maximum atomic E-state index is 13.1. The van der Waals surface area contributed by atoms with Crippen LogP contribution in [0.3, 0.4) is 0 Å². The Hall–Kier alpha value is -5.81. The molecule has 0 saturated carbocycles. The number of esters is 1. The Morgan fingerprint density at radius 1 is 0.764 bits per heavy atom. The number of ether oxygens (including phenoxy) is 2. The van der Waals surface area contributed by atoms with E-state index in [-0.39, 0.29) is 43.9 Å². The third kappa shape index (κ3) is 8.17. The normalized spacial score (nSPS) is 24.1. The zero-order chi connectivity index (χ0) is 40.5. The van der Waals surface area contributed by atoms with Crippen LogP contribution < -0.4 is 10.6 Å². The lowest BCUT2D eigenvalue weighted by Crippen LogP contribution is -2.60. The van der Waals surface area contributed by atoms with Crippen molar-refractivity contribution in [2.24, 2.45) is 0 Å². The lowest BCUT2D eigenvalue weighted by molar-refractivity contribution is -0.284. The number of allylic oxidation sites excluding steroid dienone is 2. The van der Waals surface area contributed by atoms with Gasteiger partial charge in [0.05, 0.1) is 5.70 Å². The molecule has 0 radical (unpaired) electrons. The maximum absolute atomic E-state index is 13.1. The second-order valence-corrected chi connectivity index (χ2v) is 13.5. The van der Waals surface area contributed by atoms with Crippen molar-refractivity contribution in [2.75, 3.05) is 0 Å². The molecule has 1 fully saturated rings. The first kappa shape index (κ1) is 40.4. The molecular weight excluding hydrogens is 716 g/mol. The van der Waals surface area contributed by atoms with Crippen LogP contribution in [0.2, 0.25) is 0 Å². The number of hydrogen-bond acceptors (Lipinski definition) is 10. The smallest absolute Gasteiger partial charge is 0.335 e. The standard InChI is InChI=1S/C39H44N4O12/c1-7-20-19(6)36(49)43-27(20)14-25-17(4)22(9-11-30(44)45)28(41-25)15-29-23(18(5)24(40-29)13-26-16(3)21(8-2)37(50)42-26)10-12-31(46)54-35-33(48)32(47)34(38(51)52)55-39(35)53/h7-8,13-14,32-35,39-41,47-48,53H,1-2,9-12,15H2,3-6H3,(H,42,50)(H,43,49)(H,44,45)(H,51,52)/t32-,33-,34-,35+,39+/m0/s1. The predicted octanol–water partition coefficient (Wildman–Crippen LogP) is 1.88. The number of carboxylic acids is 2. The molecule has 9 N–H and O–H groups in total. The first-order valence-electron chi connectivity index (χ1n) is 17.4. The number of carbonyl (C=O) groups is 5. The zero-order valence-corrected chi connectivity index (χ0v) is 30.7. The van der Waals surface area contributed by atoms with Crippen LogP contribution in [0, 0.1) is 13.8 Å². The van der Waals surface area contributed by atoms with Crippen molar-refractivity contribution in [3.05, 3.63) is 104 Å². The molecule has 5 rings (SSSR count). The minimum absolute atomic E-state index is 0.0681. The SMILES string of the molecule is C=CC1=C(C)C(=Cc2[nH]c(Cc3[nH]c(C=C4NC(=O)C(C)=C4C=C)c(C)c3CCC(=O)O)c(CCC(=O)O[C@@H]3[C@@H](O)[C@H](O)[C@@H](C(=O)O)O[C@H]3O)c2C)NC1=O. The van der Waals surface area contributed by atoms with Crippen molar-refractivity contribution in [1.82, 2.24) is 20.6 Å². The van der Waals surface area contributed by atoms with E-state index in [0.29, 0.717) is 67.6 Å². The van der Waals surface area contributed by atoms with Gasteiger partial charge in [-0.3, -0.25) is 19.2 Å². The molecular formula is C39H44N4O12. The molecule has 2 aromatic heterocycles. The van der Waals surface area contributed by atoms with E-state index in [1.807, 2.05) is 13.8 Å². The minimum atomic E-state index is -2.02. The lowest BCUT2D eigenvalue weighted by atomic mass is 9.97. The number of amides is 2. The van der Waals surface area contributed by atoms with Crippen LogP contribution in [-0.2, 0) is 52.7 Å². The highest BCUT2D eigenvalue weighted by Gasteiger charge is 2.49. The van der Waals surface area contributed by atoms with Gasteiger partial charge in [-0.1, -0.05) is 25.3 Å². The summed E-state index contributed by atoms with van der Waals surface area (Å²) in [6.07, 6.45) is -3.04. The van der Waals surface area contributed by atoms with Crippen LogP contribution in [-0.4, -0.2) is 95.9 Å². The molecule has 3 aliphatic heterocycles. The first-order valence-corrected chi connectivity index (χ1v) is 17.4. The number of nitrogens with one attached hydrogen (secondary N) is 4. The van der Waals surface area contributed by atoms with Gasteiger partial charge in [-0.25, -0.2) is 4.79 Å². The minimum Gasteiger partial charge on any atom is -0.481 e. The fraction of sp³-hybridized carbons (Fsp3) is 0.359. The van der Waals surface area contributed by atoms with Gasteiger partial charge in [-0.15, -0.1) is 0 Å². The van der Waals surface area contributed by atoms with Crippen LogP contribution >= 0.6 is 0 Å². The quantitative estimate of drug-likeness (QED) is 0.125. The van der Waals surface area contributed by atoms with E-state index in [9.17, 15) is 49.5 Å². The third-order valence-corrected chi connectivity index (χ3v) is 10.2. The van der Waals surface area contributed by atoms with Crippen molar-refractivity contribution in [3.63, 3.8) is 0 Å². The number of aromatic amines is 2. The fourth-order valence-corrected chi connectivity index (χ4v) is 7.00. The number of carbonyl (C=O) groups excluding carboxylic acids is 3. The summed E-state index contributed by atoms with van der Waals surface area (Å²) in [4.78, 5) is 68.0. The van der Waals surface area contributed by atoms with E-state index in [1.165, 1.54) is 6.08 Å². The summed E-state index contributed by atoms with van der Waals surface area (Å²) in [6.45, 7) is 14.7. The van der Waals surface area contributed by atoms with E-state index in [4.69, 9.17) is 9.47 Å². The van der Waals surface area contributed by atoms with Crippen molar-refractivity contribution < 1.29 is 59.0 Å². The van der Waals surface area contributed by atoms with Crippen molar-refractivity contribution in [1.29, 1.82) is 0 Å². The Balaban J connectivity index is 1.51. The molecule has 0 spiro atoms. The molecule has 3 aliphatic rings. The number of aliphatic carboxylic acids is 2. The van der Waals surface area contributed by atoms with Gasteiger partial charge in [-0.2, -0.15) is 0 Å². The Morgan fingerprint density at radius 2 is 1.31 bits per heavy atom. The summed E-state index contributed by atoms with van der Waals surface area (Å²) in [5.74, 6) is -4.06. The number of H-pyrrole nitrogens is 2. The summed E-state index contributed by atoms with van der Waals surface area (Å²) in [7, 11) is 0. The van der Waals surface area contributed by atoms with Gasteiger partial charge in [0.2, 0.25) is 0 Å². The molecule has 55 heavy (non-hydrogen) atoms. The van der Waals surface area contributed by atoms with Gasteiger partial charge in [0, 0.05) is 64.5 Å². The van der Waals surface area contributed by atoms with Gasteiger partial charge < -0.3 is 55.6 Å². The summed E-state index contributed by atoms with van der Waals surface area (Å²) < 4.78 is 10.2. The van der Waals surface area contributed by atoms with Crippen LogP contribution in [0.5, 0.6) is 0 Å². The molecule has 292 valence electrons. The second-order valence-electron chi connectivity index (χ2n) is 13.5. The van der Waals surface area contributed by atoms with Crippen LogP contribution in [0.1, 0.15) is 71.7 Å². The highest BCUT2D eigenvalue weighted by atomic mass is 16.7. The molecule has 0 bridgehead atoms. The number of carboxylic acid groups (broad SMARTS) is 2. The number of hydrogen-bond donors (Lipinski definition) is 9. The van der Waals surface area contributed by atoms with Crippen molar-refractivity contribution in [2.45, 2.75) is 90.5 Å². The monoisotopic (exact) mass is 760 g/mol. The predicted molar refractivity (Wildman–Crippen MR) is 197 cm³/mol. The van der Waals surface area contributed by atoms with E-state index < -0.39 is 48.6 Å². The Morgan fingerprint density at radius 3 is 1.84 bits per heavy atom. The first-order chi connectivity index (χ1) is 26.0. The van der Waals surface area contributed by atoms with Gasteiger partial charge in [0.25, 0.3) is 11.8 Å². The number of rotatable bonds is 14. The van der Waals surface area contributed by atoms with Crippen molar-refractivity contribution >= 4 is 41.9 Å². The van der Waals surface area contributed by atoms with Crippen molar-refractivity contribution in [3.8, 4) is 0 Å². The lowest BCUT2D eigenvalue weighted by Gasteiger charge is -2.38. The van der Waals surface area contributed by atoms with E-state index in [2.05, 4.69) is 33.8 Å². The van der Waals surface area contributed by atoms with Gasteiger partial charge >= 0.3 is 17.9 Å². The van der Waals surface area contributed by atoms with E-state index in [1.54, 1.807) is 32.1 Å². The highest BCUT2D eigenvalue weighted by molar-refractivity contribution is 6.03. The Labute approximate surface area is 315 Å². The van der Waals surface area contributed by atoms with Crippen LogP contribution in [0.15, 0.2) is 59.0 Å². The molecule has 16 nitrogen and oxygen atoms in total. The van der Waals surface area contributed by atoms with E-state index in [0.717, 1.165) is 11.1 Å². The van der Waals surface area contributed by atoms with Crippen LogP contribution in [0.4, 0.5) is 0 Å². The highest BCUT2D eigenvalue weighted by Crippen LogP contribution is 2.32. The molecule has 5 heterocycles. The number of aromatic nitrogens is 2. The van der Waals surface area contributed by atoms with E-state index >= 15 is 0 Å². The molecule has 0 unspecified atom stereocenters. The summed E-state index contributed by atoms with van der Waals surface area (Å²) in [5, 5.41) is 55.4. The molecule has 2 amide bonds. The fourth-order valence-electron chi connectivity index (χ4n) is 7.00. The largest absolute Gasteiger partial charge is 0.481 e. The molecule has 16 heteroatoms. The summed E-state index contributed by atoms with van der Waals surface area (Å²) in [5.41, 5.74) is 8.78. The summed E-state index contributed by atoms with van der Waals surface area (Å²) in [6, 6.07) is 0. The second kappa shape index (κ2) is 16.3. The van der Waals surface area contributed by atoms with Crippen LogP contribution in [0.25, 0.3) is 12.2 Å². The van der Waals surface area contributed by atoms with Gasteiger partial charge in [0.1, 0.15) is 12.2 Å². The van der Waals surface area contributed by atoms with Gasteiger partial charge in [0.15, 0.2) is 18.5 Å². The average molecular weight is 761 g/mol. The zero-order valence-electron chi connectivity index (χ0n) is 30.7. The van der Waals surface area contributed by atoms with Gasteiger partial charge in [-0.05, 0) is 80.5 Å². The average Bonchev–Trinajstić information content (AvgIpc) is 3.77. The Bertz CT molecular complexity index is 2110. The molecule has 5 atom stereocenters. The third-order valence-electron chi connectivity index (χ3n) is 10.2. The summed E-state index contributed by atoms with van der Waals surface area (Å²) >= 11 is 0. The molecule has 1 saturated heterocycles. The number of aliphatic hydroxyl groups is 3. The maximum Gasteiger partial charge on any atom is 0.335 e. The number of aliphatic hydroxyl groups excluding tert-OH is 3. The molecule has 2 aromatic rings. The molecule has 0 aromatic carbocycles. The Kier molecular flexibility index (Phi) is 12.0. The molecule has 0 aliphatic carbocycles.